The molecule has 1 heterocycles. The maximum Gasteiger partial charge on any atom is 0.253 e. The van der Waals surface area contributed by atoms with Gasteiger partial charge >= 0.3 is 0 Å². The number of rotatable bonds is 3. The van der Waals surface area contributed by atoms with Crippen molar-refractivity contribution in [3.8, 4) is 0 Å². The van der Waals surface area contributed by atoms with Crippen LogP contribution in [0.2, 0.25) is 0 Å². The predicted molar refractivity (Wildman–Crippen MR) is 73.6 cm³/mol. The largest absolute Gasteiger partial charge is 0.389 e. The second-order valence-corrected chi connectivity index (χ2v) is 4.78. The summed E-state index contributed by atoms with van der Waals surface area (Å²) in [4.78, 5) is 14.3. The SMILES string of the molecule is COC1CCN(C(=O)c2ccc(C(N)=S)cc2)C1. The standard InChI is InChI=1S/C13H16N2O2S/c1-17-11-6-7-15(8-11)13(16)10-4-2-9(3-5-10)12(14)18/h2-5,11H,6-8H2,1H3,(H2,14,18). The van der Waals surface area contributed by atoms with Gasteiger partial charge in [-0.3, -0.25) is 4.79 Å². The highest BCUT2D eigenvalue weighted by molar-refractivity contribution is 7.80. The molecule has 1 aromatic carbocycles. The maximum atomic E-state index is 12.2. The van der Waals surface area contributed by atoms with Crippen LogP contribution in [0, 0.1) is 0 Å². The Morgan fingerprint density at radius 3 is 2.50 bits per heavy atom. The fraction of sp³-hybridized carbons (Fsp3) is 0.385. The van der Waals surface area contributed by atoms with Crippen molar-refractivity contribution < 1.29 is 9.53 Å². The molecule has 0 bridgehead atoms. The van der Waals surface area contributed by atoms with Crippen molar-refractivity contribution in [3.05, 3.63) is 35.4 Å². The van der Waals surface area contributed by atoms with Crippen molar-refractivity contribution >= 4 is 23.1 Å². The number of nitrogens with zero attached hydrogens (tertiary/aromatic N) is 1. The first-order chi connectivity index (χ1) is 8.61. The monoisotopic (exact) mass is 264 g/mol. The third-order valence-corrected chi connectivity index (χ3v) is 3.42. The van der Waals surface area contributed by atoms with E-state index in [1.54, 1.807) is 31.4 Å². The summed E-state index contributed by atoms with van der Waals surface area (Å²) < 4.78 is 5.25. The first-order valence-corrected chi connectivity index (χ1v) is 6.24. The normalized spacial score (nSPS) is 18.9. The molecule has 1 atom stereocenters. The van der Waals surface area contributed by atoms with Crippen LogP contribution in [0.3, 0.4) is 0 Å². The van der Waals surface area contributed by atoms with E-state index < -0.39 is 0 Å². The van der Waals surface area contributed by atoms with Crippen molar-refractivity contribution in [2.24, 2.45) is 5.73 Å². The van der Waals surface area contributed by atoms with Crippen LogP contribution < -0.4 is 5.73 Å². The number of hydrogen-bond acceptors (Lipinski definition) is 3. The third-order valence-electron chi connectivity index (χ3n) is 3.18. The number of amides is 1. The van der Waals surface area contributed by atoms with Gasteiger partial charge in [0.25, 0.3) is 5.91 Å². The molecule has 0 aliphatic carbocycles. The molecule has 2 N–H and O–H groups in total. The molecule has 0 aromatic heterocycles. The minimum Gasteiger partial charge on any atom is -0.389 e. The van der Waals surface area contributed by atoms with Gasteiger partial charge in [0, 0.05) is 31.3 Å². The molecule has 0 radical (unpaired) electrons. The minimum atomic E-state index is 0.0315. The molecule has 1 aliphatic rings. The van der Waals surface area contributed by atoms with Gasteiger partial charge < -0.3 is 15.4 Å². The number of ether oxygens (including phenoxy) is 1. The van der Waals surface area contributed by atoms with Gasteiger partial charge in [-0.2, -0.15) is 0 Å². The predicted octanol–water partition coefficient (Wildman–Crippen LogP) is 1.18. The lowest BCUT2D eigenvalue weighted by molar-refractivity contribution is 0.0724. The van der Waals surface area contributed by atoms with Gasteiger partial charge in [0.15, 0.2) is 0 Å². The molecule has 18 heavy (non-hydrogen) atoms. The Kier molecular flexibility index (Phi) is 3.93. The van der Waals surface area contributed by atoms with Gasteiger partial charge in [-0.1, -0.05) is 24.4 Å². The Bertz CT molecular complexity index is 459. The molecule has 4 nitrogen and oxygen atoms in total. The zero-order chi connectivity index (χ0) is 13.1. The molecule has 0 saturated carbocycles. The van der Waals surface area contributed by atoms with E-state index in [1.807, 2.05) is 4.90 Å². The summed E-state index contributed by atoms with van der Waals surface area (Å²) in [6.45, 7) is 1.40. The summed E-state index contributed by atoms with van der Waals surface area (Å²) in [7, 11) is 1.68. The molecule has 1 fully saturated rings. The summed E-state index contributed by atoms with van der Waals surface area (Å²) in [5, 5.41) is 0. The summed E-state index contributed by atoms with van der Waals surface area (Å²) in [6.07, 6.45) is 1.05. The van der Waals surface area contributed by atoms with Crippen molar-refractivity contribution in [2.45, 2.75) is 12.5 Å². The molecular weight excluding hydrogens is 248 g/mol. The second kappa shape index (κ2) is 5.46. The van der Waals surface area contributed by atoms with Crippen molar-refractivity contribution in [3.63, 3.8) is 0 Å². The highest BCUT2D eigenvalue weighted by atomic mass is 32.1. The van der Waals surface area contributed by atoms with Crippen LogP contribution in [-0.4, -0.2) is 42.1 Å². The molecule has 1 amide bonds. The molecule has 96 valence electrons. The zero-order valence-corrected chi connectivity index (χ0v) is 11.1. The van der Waals surface area contributed by atoms with Crippen molar-refractivity contribution in [1.82, 2.24) is 4.90 Å². The van der Waals surface area contributed by atoms with E-state index in [0.717, 1.165) is 18.5 Å². The Balaban J connectivity index is 2.07. The number of thiocarbonyl (C=S) groups is 1. The van der Waals surface area contributed by atoms with Crippen molar-refractivity contribution in [2.75, 3.05) is 20.2 Å². The Morgan fingerprint density at radius 2 is 2.00 bits per heavy atom. The molecule has 2 rings (SSSR count). The number of likely N-dealkylation sites (tertiary alicyclic amines) is 1. The highest BCUT2D eigenvalue weighted by Crippen LogP contribution is 2.16. The van der Waals surface area contributed by atoms with Gasteiger partial charge in [-0.05, 0) is 18.6 Å². The summed E-state index contributed by atoms with van der Waals surface area (Å²) in [5.74, 6) is 0.0315. The number of benzene rings is 1. The van der Waals surface area contributed by atoms with E-state index in [1.165, 1.54) is 0 Å². The quantitative estimate of drug-likeness (QED) is 0.833. The Morgan fingerprint density at radius 1 is 1.39 bits per heavy atom. The molecule has 0 spiro atoms. The smallest absolute Gasteiger partial charge is 0.253 e. The highest BCUT2D eigenvalue weighted by Gasteiger charge is 2.26. The molecule has 1 aromatic rings. The molecule has 1 saturated heterocycles. The molecule has 1 aliphatic heterocycles. The first kappa shape index (κ1) is 13.0. The number of nitrogens with two attached hydrogens (primary N) is 1. The zero-order valence-electron chi connectivity index (χ0n) is 10.3. The van der Waals surface area contributed by atoms with Crippen LogP contribution in [0.25, 0.3) is 0 Å². The fourth-order valence-electron chi connectivity index (χ4n) is 2.06. The van der Waals surface area contributed by atoms with E-state index in [4.69, 9.17) is 22.7 Å². The number of carbonyl (C=O) groups is 1. The summed E-state index contributed by atoms with van der Waals surface area (Å²) in [5.41, 5.74) is 6.95. The third kappa shape index (κ3) is 2.68. The number of methoxy groups -OCH3 is 1. The Labute approximate surface area is 112 Å². The molecule has 5 heteroatoms. The number of carbonyl (C=O) groups excluding carboxylic acids is 1. The average molecular weight is 264 g/mol. The van der Waals surface area contributed by atoms with Crippen LogP contribution in [0.15, 0.2) is 24.3 Å². The van der Waals surface area contributed by atoms with E-state index in [0.29, 0.717) is 17.1 Å². The molecule has 1 unspecified atom stereocenters. The van der Waals surface area contributed by atoms with Crippen LogP contribution in [0.5, 0.6) is 0 Å². The first-order valence-electron chi connectivity index (χ1n) is 5.83. The topological polar surface area (TPSA) is 55.6 Å². The van der Waals surface area contributed by atoms with Crippen LogP contribution in [0.4, 0.5) is 0 Å². The summed E-state index contributed by atoms with van der Waals surface area (Å²) in [6, 6.07) is 7.08. The number of hydrogen-bond donors (Lipinski definition) is 1. The van der Waals surface area contributed by atoms with Crippen LogP contribution in [0.1, 0.15) is 22.3 Å². The van der Waals surface area contributed by atoms with Crippen LogP contribution in [-0.2, 0) is 4.74 Å². The van der Waals surface area contributed by atoms with E-state index in [-0.39, 0.29) is 12.0 Å². The van der Waals surface area contributed by atoms with Gasteiger partial charge in [0.1, 0.15) is 4.99 Å². The van der Waals surface area contributed by atoms with Crippen LogP contribution >= 0.6 is 12.2 Å². The summed E-state index contributed by atoms with van der Waals surface area (Å²) >= 11 is 4.88. The molecular formula is C13H16N2O2S. The van der Waals surface area contributed by atoms with Crippen molar-refractivity contribution in [1.29, 1.82) is 0 Å². The van der Waals surface area contributed by atoms with Gasteiger partial charge in [-0.15, -0.1) is 0 Å². The maximum absolute atomic E-state index is 12.2. The van der Waals surface area contributed by atoms with E-state index >= 15 is 0 Å². The fourth-order valence-corrected chi connectivity index (χ4v) is 2.20. The lowest BCUT2D eigenvalue weighted by atomic mass is 10.1. The lowest BCUT2D eigenvalue weighted by Gasteiger charge is -2.16. The van der Waals surface area contributed by atoms with Gasteiger partial charge in [-0.25, -0.2) is 0 Å². The van der Waals surface area contributed by atoms with E-state index in [2.05, 4.69) is 0 Å². The Hall–Kier alpha value is -1.46. The van der Waals surface area contributed by atoms with E-state index in [9.17, 15) is 4.79 Å². The minimum absolute atomic E-state index is 0.0315. The average Bonchev–Trinajstić information content (AvgIpc) is 2.86. The second-order valence-electron chi connectivity index (χ2n) is 4.34. The van der Waals surface area contributed by atoms with Gasteiger partial charge in [0.05, 0.1) is 6.10 Å². The van der Waals surface area contributed by atoms with Gasteiger partial charge in [0.2, 0.25) is 0 Å². The lowest BCUT2D eigenvalue weighted by Crippen LogP contribution is -2.29.